The van der Waals surface area contributed by atoms with E-state index in [4.69, 9.17) is 9.26 Å². The van der Waals surface area contributed by atoms with Gasteiger partial charge in [-0.3, -0.25) is 4.98 Å². The van der Waals surface area contributed by atoms with Gasteiger partial charge >= 0.3 is 6.03 Å². The number of urea groups is 1. The van der Waals surface area contributed by atoms with Gasteiger partial charge in [-0.1, -0.05) is 19.0 Å². The average molecular weight is 359 g/mol. The van der Waals surface area contributed by atoms with Gasteiger partial charge in [-0.2, -0.15) is 4.98 Å². The van der Waals surface area contributed by atoms with Gasteiger partial charge in [0, 0.05) is 24.8 Å². The van der Waals surface area contributed by atoms with E-state index in [0.29, 0.717) is 30.6 Å². The number of amides is 2. The number of nitrogens with zero attached hydrogens (tertiary/aromatic N) is 3. The maximum absolute atomic E-state index is 12.5. The van der Waals surface area contributed by atoms with Crippen LogP contribution in [0.25, 0.3) is 0 Å². The zero-order valence-corrected chi connectivity index (χ0v) is 15.4. The van der Waals surface area contributed by atoms with Crippen LogP contribution < -0.4 is 10.6 Å². The lowest BCUT2D eigenvalue weighted by atomic mass is 9.91. The third-order valence-electron chi connectivity index (χ3n) is 4.43. The maximum atomic E-state index is 12.5. The van der Waals surface area contributed by atoms with Crippen LogP contribution in [0.1, 0.15) is 56.1 Å². The van der Waals surface area contributed by atoms with Gasteiger partial charge in [0.05, 0.1) is 11.9 Å². The monoisotopic (exact) mass is 359 g/mol. The highest BCUT2D eigenvalue weighted by Gasteiger charge is 2.31. The molecule has 1 aliphatic rings. The van der Waals surface area contributed by atoms with Crippen LogP contribution in [0, 0.1) is 12.8 Å². The molecule has 0 radical (unpaired) electrons. The van der Waals surface area contributed by atoms with Crippen LogP contribution in [-0.2, 0) is 4.74 Å². The van der Waals surface area contributed by atoms with E-state index in [0.717, 1.165) is 18.5 Å². The lowest BCUT2D eigenvalue weighted by Gasteiger charge is -2.28. The molecule has 2 N–H and O–H groups in total. The maximum Gasteiger partial charge on any atom is 0.319 e. The molecule has 140 valence electrons. The van der Waals surface area contributed by atoms with Crippen molar-refractivity contribution in [1.29, 1.82) is 0 Å². The second-order valence-electron chi connectivity index (χ2n) is 6.86. The molecule has 2 aromatic rings. The molecule has 0 aliphatic carbocycles. The van der Waals surface area contributed by atoms with Crippen molar-refractivity contribution < 1.29 is 14.1 Å². The van der Waals surface area contributed by atoms with E-state index >= 15 is 0 Å². The third-order valence-corrected chi connectivity index (χ3v) is 4.43. The fourth-order valence-corrected chi connectivity index (χ4v) is 2.89. The highest BCUT2D eigenvalue weighted by Crippen LogP contribution is 2.30. The van der Waals surface area contributed by atoms with Gasteiger partial charge in [-0.25, -0.2) is 4.79 Å². The highest BCUT2D eigenvalue weighted by atomic mass is 16.5. The van der Waals surface area contributed by atoms with Gasteiger partial charge in [0.25, 0.3) is 0 Å². The summed E-state index contributed by atoms with van der Waals surface area (Å²) in [4.78, 5) is 21.2. The number of ether oxygens (including phenoxy) is 1. The fourth-order valence-electron chi connectivity index (χ4n) is 2.89. The summed E-state index contributed by atoms with van der Waals surface area (Å²) in [5.74, 6) is 1.43. The van der Waals surface area contributed by atoms with Crippen molar-refractivity contribution >= 4 is 11.7 Å². The number of aryl methyl sites for hydroxylation is 1. The van der Waals surface area contributed by atoms with E-state index in [2.05, 4.69) is 25.8 Å². The van der Waals surface area contributed by atoms with Crippen molar-refractivity contribution in [2.24, 2.45) is 5.92 Å². The van der Waals surface area contributed by atoms with Crippen LogP contribution >= 0.6 is 0 Å². The lowest BCUT2D eigenvalue weighted by molar-refractivity contribution is 0.0506. The molecule has 26 heavy (non-hydrogen) atoms. The Labute approximate surface area is 152 Å². The van der Waals surface area contributed by atoms with Crippen LogP contribution in [0.3, 0.4) is 0 Å². The Balaban J connectivity index is 1.73. The molecule has 0 aromatic carbocycles. The van der Waals surface area contributed by atoms with Crippen LogP contribution in [0.15, 0.2) is 22.9 Å². The molecule has 8 nitrogen and oxygen atoms in total. The lowest BCUT2D eigenvalue weighted by Crippen LogP contribution is -2.38. The molecule has 3 heterocycles. The van der Waals surface area contributed by atoms with E-state index < -0.39 is 0 Å². The Hall–Kier alpha value is -2.48. The van der Waals surface area contributed by atoms with Crippen LogP contribution in [0.4, 0.5) is 10.5 Å². The topological polar surface area (TPSA) is 102 Å². The predicted molar refractivity (Wildman–Crippen MR) is 95.8 cm³/mol. The summed E-state index contributed by atoms with van der Waals surface area (Å²) in [6.45, 7) is 7.23. The van der Waals surface area contributed by atoms with Crippen molar-refractivity contribution in [1.82, 2.24) is 20.4 Å². The molecule has 8 heteroatoms. The molecule has 1 fully saturated rings. The zero-order chi connectivity index (χ0) is 18.5. The first kappa shape index (κ1) is 18.3. The fraction of sp³-hybridized carbons (Fsp3) is 0.556. The number of carbonyl (C=O) groups excluding carboxylic acids is 1. The first-order valence-electron chi connectivity index (χ1n) is 8.94. The summed E-state index contributed by atoms with van der Waals surface area (Å²) in [6.07, 6.45) is 3.29. The molecule has 0 unspecified atom stereocenters. The number of pyridine rings is 1. The largest absolute Gasteiger partial charge is 0.381 e. The van der Waals surface area contributed by atoms with Crippen molar-refractivity contribution in [3.8, 4) is 0 Å². The van der Waals surface area contributed by atoms with Crippen molar-refractivity contribution in [3.63, 3.8) is 0 Å². The SMILES string of the molecule is Cc1ccc(NC(=O)N[C@@H](c2nc(C(C)C)no2)C2CCOCC2)cn1. The summed E-state index contributed by atoms with van der Waals surface area (Å²) in [7, 11) is 0. The Morgan fingerprint density at radius 3 is 2.65 bits per heavy atom. The van der Waals surface area contributed by atoms with Gasteiger partial charge in [-0.05, 0) is 37.8 Å². The summed E-state index contributed by atoms with van der Waals surface area (Å²) in [5, 5.41) is 9.83. The molecule has 1 atom stereocenters. The Morgan fingerprint density at radius 1 is 1.27 bits per heavy atom. The number of carbonyl (C=O) groups is 1. The first-order valence-corrected chi connectivity index (χ1v) is 8.94. The molecule has 1 saturated heterocycles. The van der Waals surface area contributed by atoms with Gasteiger partial charge in [0.2, 0.25) is 5.89 Å². The van der Waals surface area contributed by atoms with E-state index in [-0.39, 0.29) is 23.9 Å². The molecular formula is C18H25N5O3. The van der Waals surface area contributed by atoms with Crippen LogP contribution in [0.5, 0.6) is 0 Å². The first-order chi connectivity index (χ1) is 12.5. The number of hydrogen-bond acceptors (Lipinski definition) is 6. The number of aromatic nitrogens is 3. The summed E-state index contributed by atoms with van der Waals surface area (Å²) in [5.41, 5.74) is 1.52. The molecule has 0 saturated carbocycles. The van der Waals surface area contributed by atoms with Crippen molar-refractivity contribution in [2.45, 2.75) is 45.6 Å². The molecule has 2 amide bonds. The normalized spacial score (nSPS) is 16.5. The second-order valence-corrected chi connectivity index (χ2v) is 6.86. The minimum Gasteiger partial charge on any atom is -0.381 e. The number of hydrogen-bond donors (Lipinski definition) is 2. The average Bonchev–Trinajstić information content (AvgIpc) is 3.12. The standard InChI is InChI=1S/C18H25N5O3/c1-11(2)16-22-17(26-23-16)15(13-6-8-25-9-7-13)21-18(24)20-14-5-4-12(3)19-10-14/h4-5,10-11,13,15H,6-9H2,1-3H3,(H2,20,21,24)/t15-/m1/s1. The molecule has 0 spiro atoms. The van der Waals surface area contributed by atoms with Crippen molar-refractivity contribution in [2.75, 3.05) is 18.5 Å². The van der Waals surface area contributed by atoms with E-state index in [9.17, 15) is 4.79 Å². The van der Waals surface area contributed by atoms with E-state index in [1.807, 2.05) is 32.9 Å². The number of rotatable bonds is 5. The highest BCUT2D eigenvalue weighted by molar-refractivity contribution is 5.89. The van der Waals surface area contributed by atoms with E-state index in [1.165, 1.54) is 0 Å². The number of nitrogens with one attached hydrogen (secondary N) is 2. The Bertz CT molecular complexity index is 723. The summed E-state index contributed by atoms with van der Waals surface area (Å²) < 4.78 is 10.9. The Morgan fingerprint density at radius 2 is 2.04 bits per heavy atom. The molecule has 3 rings (SSSR count). The summed E-state index contributed by atoms with van der Waals surface area (Å²) >= 11 is 0. The Kier molecular flexibility index (Phi) is 5.82. The van der Waals surface area contributed by atoms with Gasteiger partial charge < -0.3 is 19.9 Å². The van der Waals surface area contributed by atoms with E-state index in [1.54, 1.807) is 6.20 Å². The molecule has 2 aromatic heterocycles. The quantitative estimate of drug-likeness (QED) is 0.850. The van der Waals surface area contributed by atoms with Gasteiger partial charge in [0.1, 0.15) is 6.04 Å². The predicted octanol–water partition coefficient (Wildman–Crippen LogP) is 3.19. The molecular weight excluding hydrogens is 334 g/mol. The van der Waals surface area contributed by atoms with Gasteiger partial charge in [0.15, 0.2) is 5.82 Å². The number of anilines is 1. The second kappa shape index (κ2) is 8.27. The zero-order valence-electron chi connectivity index (χ0n) is 15.4. The molecule has 0 bridgehead atoms. The van der Waals surface area contributed by atoms with Crippen LogP contribution in [-0.4, -0.2) is 34.4 Å². The molecule has 1 aliphatic heterocycles. The van der Waals surface area contributed by atoms with Gasteiger partial charge in [-0.15, -0.1) is 0 Å². The van der Waals surface area contributed by atoms with Crippen LogP contribution in [0.2, 0.25) is 0 Å². The minimum absolute atomic E-state index is 0.162. The third kappa shape index (κ3) is 4.57. The van der Waals surface area contributed by atoms with Crippen molar-refractivity contribution in [3.05, 3.63) is 35.7 Å². The minimum atomic E-state index is -0.350. The smallest absolute Gasteiger partial charge is 0.319 e. The summed E-state index contributed by atoms with van der Waals surface area (Å²) in [6, 6.07) is 2.99.